The molecule has 3 aliphatic rings. The summed E-state index contributed by atoms with van der Waals surface area (Å²) in [6.45, 7) is 4.31. The number of rotatable bonds is 3. The first-order valence-electron chi connectivity index (χ1n) is 12.2. The molecule has 3 nitrogen and oxygen atoms in total. The summed E-state index contributed by atoms with van der Waals surface area (Å²) in [7, 11) is 0. The first-order valence-corrected chi connectivity index (χ1v) is 12.2. The van der Waals surface area contributed by atoms with Crippen LogP contribution in [0.15, 0.2) is 97.1 Å². The van der Waals surface area contributed by atoms with E-state index in [0.717, 1.165) is 22.4 Å². The molecule has 3 aromatic rings. The molecule has 2 unspecified atom stereocenters. The fourth-order valence-corrected chi connectivity index (χ4v) is 6.45. The lowest BCUT2D eigenvalue weighted by Gasteiger charge is -2.53. The number of ketones is 1. The maximum Gasteiger partial charge on any atom is 0.225 e. The van der Waals surface area contributed by atoms with Crippen LogP contribution in [-0.4, -0.2) is 11.6 Å². The molecule has 0 N–H and O–H groups in total. The van der Waals surface area contributed by atoms with Crippen LogP contribution in [0.1, 0.15) is 56.2 Å². The summed E-state index contributed by atoms with van der Waals surface area (Å²) in [5.74, 6) is 0.0248. The molecule has 6 rings (SSSR count). The van der Waals surface area contributed by atoms with Gasteiger partial charge in [0.15, 0.2) is 0 Å². The van der Waals surface area contributed by atoms with Crippen molar-refractivity contribution in [1.29, 1.82) is 0 Å². The van der Waals surface area contributed by atoms with Crippen molar-refractivity contribution in [2.45, 2.75) is 50.9 Å². The first-order chi connectivity index (χ1) is 16.4. The number of hydrogen-bond donors (Lipinski definition) is 0. The first kappa shape index (κ1) is 21.4. The molecule has 2 fully saturated rings. The predicted octanol–water partition coefficient (Wildman–Crippen LogP) is 6.88. The molecule has 0 amide bonds. The average molecular weight is 451 g/mol. The molecule has 0 aromatic heterocycles. The summed E-state index contributed by atoms with van der Waals surface area (Å²) in [4.78, 5) is 14.0. The van der Waals surface area contributed by atoms with Gasteiger partial charge in [-0.25, -0.2) is 0 Å². The summed E-state index contributed by atoms with van der Waals surface area (Å²) in [6.07, 6.45) is 4.50. The Morgan fingerprint density at radius 2 is 1.29 bits per heavy atom. The molecule has 1 saturated carbocycles. The Kier molecular flexibility index (Phi) is 4.66. The van der Waals surface area contributed by atoms with E-state index < -0.39 is 16.8 Å². The minimum atomic E-state index is -1.03. The molecule has 1 aliphatic carbocycles. The molecule has 0 bridgehead atoms. The maximum atomic E-state index is 14.0. The van der Waals surface area contributed by atoms with Gasteiger partial charge in [0.2, 0.25) is 5.79 Å². The molecular formula is C31H30O3. The minimum absolute atomic E-state index is 0.219. The molecule has 3 aromatic carbocycles. The normalized spacial score (nSPS) is 28.9. The van der Waals surface area contributed by atoms with Gasteiger partial charge in [-0.15, -0.1) is 0 Å². The number of ether oxygens (including phenoxy) is 2. The Labute approximate surface area is 201 Å². The minimum Gasteiger partial charge on any atom is -0.461 e. The van der Waals surface area contributed by atoms with Crippen molar-refractivity contribution < 1.29 is 14.3 Å². The highest BCUT2D eigenvalue weighted by Gasteiger charge is 2.74. The lowest BCUT2D eigenvalue weighted by Crippen LogP contribution is -2.59. The van der Waals surface area contributed by atoms with Crippen LogP contribution in [0.3, 0.4) is 0 Å². The third-order valence-electron chi connectivity index (χ3n) is 7.95. The molecule has 2 atom stereocenters. The molecule has 1 saturated heterocycles. The lowest BCUT2D eigenvalue weighted by molar-refractivity contribution is -0.274. The van der Waals surface area contributed by atoms with Crippen molar-refractivity contribution in [3.8, 4) is 0 Å². The number of benzene rings is 3. The molecule has 3 heteroatoms. The van der Waals surface area contributed by atoms with Crippen LogP contribution in [0.2, 0.25) is 0 Å². The Balaban J connectivity index is 1.57. The molecule has 0 radical (unpaired) electrons. The Hall–Kier alpha value is -3.17. The standard InChI is InChI=1S/C31H30O3/c1-28(2)20-27(32)29-19-18-26(23-12-6-3-7-13-23)33-31(29,21-28)34-30(22-29,24-14-8-4-9-15-24)25-16-10-5-11-17-25/h3-18H,19-22H2,1-2H3. The largest absolute Gasteiger partial charge is 0.461 e. The number of allylic oxidation sites excluding steroid dienone is 1. The smallest absolute Gasteiger partial charge is 0.225 e. The third-order valence-corrected chi connectivity index (χ3v) is 7.95. The van der Waals surface area contributed by atoms with Crippen LogP contribution in [0.4, 0.5) is 0 Å². The Morgan fingerprint density at radius 3 is 1.88 bits per heavy atom. The third kappa shape index (κ3) is 3.03. The molecule has 2 aliphatic heterocycles. The number of carbonyl (C=O) groups excluding carboxylic acids is 1. The zero-order chi connectivity index (χ0) is 23.4. The summed E-state index contributed by atoms with van der Waals surface area (Å²) >= 11 is 0. The predicted molar refractivity (Wildman–Crippen MR) is 133 cm³/mol. The number of carbonyl (C=O) groups is 1. The van der Waals surface area contributed by atoms with E-state index >= 15 is 0 Å². The van der Waals surface area contributed by atoms with Gasteiger partial charge < -0.3 is 9.47 Å². The molecule has 34 heavy (non-hydrogen) atoms. The molecule has 0 spiro atoms. The van der Waals surface area contributed by atoms with Gasteiger partial charge in [0.25, 0.3) is 0 Å². The van der Waals surface area contributed by atoms with Gasteiger partial charge in [-0.2, -0.15) is 0 Å². The van der Waals surface area contributed by atoms with E-state index in [0.29, 0.717) is 25.7 Å². The second kappa shape index (κ2) is 7.41. The van der Waals surface area contributed by atoms with Crippen molar-refractivity contribution in [3.05, 3.63) is 114 Å². The monoisotopic (exact) mass is 450 g/mol. The number of hydrogen-bond acceptors (Lipinski definition) is 3. The van der Waals surface area contributed by atoms with Gasteiger partial charge in [0.05, 0.1) is 0 Å². The van der Waals surface area contributed by atoms with E-state index in [1.807, 2.05) is 54.6 Å². The second-order valence-electron chi connectivity index (χ2n) is 10.9. The van der Waals surface area contributed by atoms with E-state index in [2.05, 4.69) is 56.3 Å². The average Bonchev–Trinajstić information content (AvgIpc) is 3.17. The molecule has 172 valence electrons. The Morgan fingerprint density at radius 1 is 0.735 bits per heavy atom. The van der Waals surface area contributed by atoms with Gasteiger partial charge in [-0.3, -0.25) is 4.79 Å². The Bertz CT molecular complexity index is 1210. The maximum absolute atomic E-state index is 14.0. The summed E-state index contributed by atoms with van der Waals surface area (Å²) in [6, 6.07) is 30.8. The fraction of sp³-hybridized carbons (Fsp3) is 0.323. The van der Waals surface area contributed by atoms with Crippen LogP contribution >= 0.6 is 0 Å². The van der Waals surface area contributed by atoms with E-state index in [4.69, 9.17) is 9.47 Å². The zero-order valence-electron chi connectivity index (χ0n) is 19.8. The number of Topliss-reactive ketones (excluding diaryl/α,β-unsaturated/α-hetero) is 1. The van der Waals surface area contributed by atoms with Crippen molar-refractivity contribution in [3.63, 3.8) is 0 Å². The second-order valence-corrected chi connectivity index (χ2v) is 10.9. The van der Waals surface area contributed by atoms with E-state index in [1.165, 1.54) is 0 Å². The summed E-state index contributed by atoms with van der Waals surface area (Å²) in [5, 5.41) is 0. The SMILES string of the molecule is CC1(C)CC(=O)C23CC=C(c4ccccc4)OC2(C1)OC(c1ccccc1)(c1ccccc1)C3. The van der Waals surface area contributed by atoms with Crippen LogP contribution in [0.25, 0.3) is 5.76 Å². The topological polar surface area (TPSA) is 35.5 Å². The van der Waals surface area contributed by atoms with E-state index in [1.54, 1.807) is 0 Å². The van der Waals surface area contributed by atoms with Crippen molar-refractivity contribution in [1.82, 2.24) is 0 Å². The van der Waals surface area contributed by atoms with Gasteiger partial charge in [0.1, 0.15) is 22.6 Å². The highest BCUT2D eigenvalue weighted by molar-refractivity contribution is 5.89. The quantitative estimate of drug-likeness (QED) is 0.436. The van der Waals surface area contributed by atoms with Crippen LogP contribution < -0.4 is 0 Å². The van der Waals surface area contributed by atoms with Gasteiger partial charge in [-0.1, -0.05) is 105 Å². The van der Waals surface area contributed by atoms with Crippen molar-refractivity contribution >= 4 is 11.5 Å². The summed E-state index contributed by atoms with van der Waals surface area (Å²) in [5.41, 5.74) is 1.43. The van der Waals surface area contributed by atoms with E-state index in [-0.39, 0.29) is 11.2 Å². The van der Waals surface area contributed by atoms with Crippen molar-refractivity contribution in [2.24, 2.45) is 10.8 Å². The fourth-order valence-electron chi connectivity index (χ4n) is 6.45. The van der Waals surface area contributed by atoms with Gasteiger partial charge in [0, 0.05) is 24.8 Å². The molecule has 2 heterocycles. The van der Waals surface area contributed by atoms with Gasteiger partial charge in [-0.05, 0) is 29.0 Å². The van der Waals surface area contributed by atoms with Gasteiger partial charge >= 0.3 is 0 Å². The van der Waals surface area contributed by atoms with Crippen LogP contribution in [0, 0.1) is 10.8 Å². The highest BCUT2D eigenvalue weighted by atomic mass is 16.7. The zero-order valence-corrected chi connectivity index (χ0v) is 19.8. The summed E-state index contributed by atoms with van der Waals surface area (Å²) < 4.78 is 14.2. The highest BCUT2D eigenvalue weighted by Crippen LogP contribution is 2.68. The lowest BCUT2D eigenvalue weighted by atomic mass is 9.56. The van der Waals surface area contributed by atoms with Crippen molar-refractivity contribution in [2.75, 3.05) is 0 Å². The molecular weight excluding hydrogens is 420 g/mol. The van der Waals surface area contributed by atoms with Crippen LogP contribution in [0.5, 0.6) is 0 Å². The van der Waals surface area contributed by atoms with Crippen LogP contribution in [-0.2, 0) is 19.9 Å². The van der Waals surface area contributed by atoms with E-state index in [9.17, 15) is 4.79 Å².